The average molecular weight is 433 g/mol. The summed E-state index contributed by atoms with van der Waals surface area (Å²) < 4.78 is 57.0. The highest BCUT2D eigenvalue weighted by atomic mass is 19.4. The van der Waals surface area contributed by atoms with Crippen LogP contribution in [-0.2, 0) is 19.1 Å². The molecule has 2 fully saturated rings. The fourth-order valence-electron chi connectivity index (χ4n) is 4.28. The molecule has 2 aliphatic rings. The molecule has 0 unspecified atom stereocenters. The van der Waals surface area contributed by atoms with Gasteiger partial charge in [-0.2, -0.15) is 13.2 Å². The number of halogens is 4. The number of alkyl halides is 3. The predicted octanol–water partition coefficient (Wildman–Crippen LogP) is 4.16. The van der Waals surface area contributed by atoms with Gasteiger partial charge in [0.2, 0.25) is 0 Å². The van der Waals surface area contributed by atoms with Crippen molar-refractivity contribution in [3.63, 3.8) is 0 Å². The van der Waals surface area contributed by atoms with Crippen molar-refractivity contribution in [2.24, 2.45) is 5.92 Å². The van der Waals surface area contributed by atoms with Crippen LogP contribution in [0, 0.1) is 11.7 Å². The fraction of sp³-hybridized carbons (Fsp3) is 0.455. The molecule has 0 spiro atoms. The predicted molar refractivity (Wildman–Crippen MR) is 108 cm³/mol. The van der Waals surface area contributed by atoms with Crippen LogP contribution in [-0.4, -0.2) is 45.7 Å². The van der Waals surface area contributed by atoms with E-state index in [9.17, 15) is 17.6 Å². The number of piperazine rings is 1. The number of nitrogens with zero attached hydrogens (tertiary/aromatic N) is 5. The molecule has 0 radical (unpaired) electrons. The van der Waals surface area contributed by atoms with Crippen LogP contribution in [0.1, 0.15) is 29.8 Å². The largest absolute Gasteiger partial charge is 0.420 e. The molecule has 3 heterocycles. The van der Waals surface area contributed by atoms with E-state index in [0.717, 1.165) is 18.5 Å². The maximum absolute atomic E-state index is 14.0. The Morgan fingerprint density at radius 3 is 2.45 bits per heavy atom. The minimum absolute atomic E-state index is 0.112. The van der Waals surface area contributed by atoms with Gasteiger partial charge in [-0.25, -0.2) is 4.39 Å². The van der Waals surface area contributed by atoms with E-state index < -0.39 is 11.7 Å². The molecule has 2 aromatic heterocycles. The van der Waals surface area contributed by atoms with E-state index in [4.69, 9.17) is 0 Å². The first kappa shape index (κ1) is 20.2. The van der Waals surface area contributed by atoms with Crippen LogP contribution < -0.4 is 4.90 Å². The van der Waals surface area contributed by atoms with Crippen LogP contribution >= 0.6 is 0 Å². The van der Waals surface area contributed by atoms with Crippen LogP contribution in [0.4, 0.5) is 23.2 Å². The highest BCUT2D eigenvalue weighted by Crippen LogP contribution is 2.37. The van der Waals surface area contributed by atoms with Crippen molar-refractivity contribution in [2.45, 2.75) is 32.0 Å². The zero-order valence-electron chi connectivity index (χ0n) is 16.9. The second-order valence-corrected chi connectivity index (χ2v) is 8.41. The molecule has 0 N–H and O–H groups in total. The Hall–Kier alpha value is -2.68. The van der Waals surface area contributed by atoms with Crippen LogP contribution in [0.5, 0.6) is 0 Å². The number of anilines is 1. The second-order valence-electron chi connectivity index (χ2n) is 8.41. The Bertz CT molecular complexity index is 1080. The number of rotatable bonds is 5. The van der Waals surface area contributed by atoms with E-state index in [-0.39, 0.29) is 23.6 Å². The summed E-state index contributed by atoms with van der Waals surface area (Å²) in [5, 5.41) is 7.96. The molecule has 1 saturated carbocycles. The molecule has 9 heteroatoms. The van der Waals surface area contributed by atoms with Gasteiger partial charge in [0.15, 0.2) is 5.65 Å². The van der Waals surface area contributed by atoms with Crippen LogP contribution in [0.2, 0.25) is 0 Å². The van der Waals surface area contributed by atoms with Crippen molar-refractivity contribution in [1.29, 1.82) is 0 Å². The van der Waals surface area contributed by atoms with Crippen molar-refractivity contribution in [1.82, 2.24) is 19.5 Å². The number of hydrogen-bond donors (Lipinski definition) is 0. The van der Waals surface area contributed by atoms with Gasteiger partial charge in [0.25, 0.3) is 0 Å². The van der Waals surface area contributed by atoms with E-state index in [1.807, 2.05) is 11.0 Å². The zero-order valence-corrected chi connectivity index (χ0v) is 16.9. The third-order valence-corrected chi connectivity index (χ3v) is 6.13. The number of aromatic nitrogens is 3. The standard InChI is InChI=1S/C22H23F4N5/c23-17-2-1-3-18(13-17)30-10-8-29(9-11-30)14-16-6-7-31-19(12-15-4-5-15)27-28-21(31)20(16)22(24,25)26/h1-3,6-7,13,15H,4-5,8-12,14H2. The normalized spacial score (nSPS) is 18.1. The molecule has 0 bridgehead atoms. The zero-order chi connectivity index (χ0) is 21.6. The summed E-state index contributed by atoms with van der Waals surface area (Å²) in [6.45, 7) is 2.64. The number of benzene rings is 1. The van der Waals surface area contributed by atoms with Gasteiger partial charge in [-0.3, -0.25) is 9.30 Å². The third kappa shape index (κ3) is 4.23. The number of fused-ring (bicyclic) bond motifs is 1. The van der Waals surface area contributed by atoms with Gasteiger partial charge in [-0.1, -0.05) is 6.07 Å². The molecule has 1 aromatic carbocycles. The molecule has 1 aliphatic carbocycles. The summed E-state index contributed by atoms with van der Waals surface area (Å²) in [6.07, 6.45) is 0.0209. The Balaban J connectivity index is 1.35. The van der Waals surface area contributed by atoms with Gasteiger partial charge < -0.3 is 4.90 Å². The Kier molecular flexibility index (Phi) is 5.08. The average Bonchev–Trinajstić information content (AvgIpc) is 3.46. The summed E-state index contributed by atoms with van der Waals surface area (Å²) in [5.41, 5.74) is 0.199. The summed E-state index contributed by atoms with van der Waals surface area (Å²) in [5.74, 6) is 0.812. The first-order valence-corrected chi connectivity index (χ1v) is 10.5. The van der Waals surface area contributed by atoms with Crippen molar-refractivity contribution in [2.75, 3.05) is 31.1 Å². The minimum atomic E-state index is -4.51. The lowest BCUT2D eigenvalue weighted by atomic mass is 10.1. The third-order valence-electron chi connectivity index (χ3n) is 6.13. The van der Waals surface area contributed by atoms with Crippen molar-refractivity contribution in [3.8, 4) is 0 Å². The van der Waals surface area contributed by atoms with E-state index in [2.05, 4.69) is 15.1 Å². The summed E-state index contributed by atoms with van der Waals surface area (Å²) >= 11 is 0. The topological polar surface area (TPSA) is 36.7 Å². The molecule has 5 nitrogen and oxygen atoms in total. The van der Waals surface area contributed by atoms with Gasteiger partial charge >= 0.3 is 6.18 Å². The molecular formula is C22H23F4N5. The molecule has 164 valence electrons. The van der Waals surface area contributed by atoms with E-state index in [1.165, 1.54) is 16.5 Å². The maximum Gasteiger partial charge on any atom is 0.420 e. The molecule has 1 saturated heterocycles. The molecule has 5 rings (SSSR count). The summed E-state index contributed by atoms with van der Waals surface area (Å²) in [7, 11) is 0. The van der Waals surface area contributed by atoms with Crippen LogP contribution in [0.25, 0.3) is 5.65 Å². The molecular weight excluding hydrogens is 410 g/mol. The molecule has 0 atom stereocenters. The first-order chi connectivity index (χ1) is 14.9. The summed E-state index contributed by atoms with van der Waals surface area (Å²) in [6, 6.07) is 7.94. The summed E-state index contributed by atoms with van der Waals surface area (Å²) in [4.78, 5) is 4.05. The fourth-order valence-corrected chi connectivity index (χ4v) is 4.28. The first-order valence-electron chi connectivity index (χ1n) is 10.5. The Labute approximate surface area is 177 Å². The van der Waals surface area contributed by atoms with Crippen molar-refractivity contribution in [3.05, 3.63) is 59.3 Å². The minimum Gasteiger partial charge on any atom is -0.369 e. The molecule has 31 heavy (non-hydrogen) atoms. The van der Waals surface area contributed by atoms with E-state index in [1.54, 1.807) is 18.3 Å². The highest BCUT2D eigenvalue weighted by Gasteiger charge is 2.38. The van der Waals surface area contributed by atoms with Gasteiger partial charge in [-0.15, -0.1) is 10.2 Å². The maximum atomic E-state index is 14.0. The highest BCUT2D eigenvalue weighted by molar-refractivity contribution is 5.54. The van der Waals surface area contributed by atoms with Crippen LogP contribution in [0.15, 0.2) is 36.5 Å². The van der Waals surface area contributed by atoms with E-state index in [0.29, 0.717) is 44.3 Å². The second kappa shape index (κ2) is 7.78. The van der Waals surface area contributed by atoms with Crippen LogP contribution in [0.3, 0.4) is 0 Å². The van der Waals surface area contributed by atoms with Gasteiger partial charge in [-0.05, 0) is 48.6 Å². The van der Waals surface area contributed by atoms with Gasteiger partial charge in [0.1, 0.15) is 17.2 Å². The quantitative estimate of drug-likeness (QED) is 0.567. The lowest BCUT2D eigenvalue weighted by Gasteiger charge is -2.36. The van der Waals surface area contributed by atoms with Gasteiger partial charge in [0.05, 0.1) is 0 Å². The van der Waals surface area contributed by atoms with E-state index >= 15 is 0 Å². The van der Waals surface area contributed by atoms with Crippen molar-refractivity contribution < 1.29 is 17.6 Å². The number of pyridine rings is 1. The lowest BCUT2D eigenvalue weighted by molar-refractivity contribution is -0.137. The molecule has 3 aromatic rings. The Morgan fingerprint density at radius 2 is 1.77 bits per heavy atom. The smallest absolute Gasteiger partial charge is 0.369 e. The van der Waals surface area contributed by atoms with Gasteiger partial charge in [0, 0.05) is 51.0 Å². The molecule has 1 aliphatic heterocycles. The molecule has 0 amide bonds. The van der Waals surface area contributed by atoms with Crippen molar-refractivity contribution >= 4 is 11.3 Å². The SMILES string of the molecule is Fc1cccc(N2CCN(Cc3ccn4c(CC5CC5)nnc4c3C(F)(F)F)CC2)c1. The monoisotopic (exact) mass is 433 g/mol. The Morgan fingerprint density at radius 1 is 1.00 bits per heavy atom. The lowest BCUT2D eigenvalue weighted by Crippen LogP contribution is -2.46. The number of hydrogen-bond acceptors (Lipinski definition) is 4.